The number of amides is 1. The molecule has 0 fully saturated rings. The normalized spacial score (nSPS) is 9.96. The van der Waals surface area contributed by atoms with Crippen LogP contribution in [0.15, 0.2) is 53.0 Å². The molecule has 0 aromatic heterocycles. The van der Waals surface area contributed by atoms with Gasteiger partial charge in [-0.1, -0.05) is 40.2 Å². The van der Waals surface area contributed by atoms with Gasteiger partial charge in [-0.25, -0.2) is 0 Å². The van der Waals surface area contributed by atoms with Crippen LogP contribution in [0.25, 0.3) is 0 Å². The molecule has 0 aliphatic rings. The fourth-order valence-corrected chi connectivity index (χ4v) is 2.50. The van der Waals surface area contributed by atoms with Gasteiger partial charge in [0.15, 0.2) is 0 Å². The first-order chi connectivity index (χ1) is 11.1. The third-order valence-corrected chi connectivity index (χ3v) is 4.25. The summed E-state index contributed by atoms with van der Waals surface area (Å²) in [5, 5.41) is 3.04. The number of carbonyl (C=O) groups is 1. The van der Waals surface area contributed by atoms with Crippen molar-refractivity contribution in [3.05, 3.63) is 64.1 Å². The van der Waals surface area contributed by atoms with Crippen LogP contribution in [-0.2, 0) is 6.61 Å². The molecule has 0 bridgehead atoms. The molecule has 0 heterocycles. The fraction of sp³-hybridized carbons (Fsp3) is 0.278. The third kappa shape index (κ3) is 5.82. The van der Waals surface area contributed by atoms with Crippen LogP contribution in [0.4, 0.5) is 0 Å². The van der Waals surface area contributed by atoms with Gasteiger partial charge < -0.3 is 15.0 Å². The predicted molar refractivity (Wildman–Crippen MR) is 103 cm³/mol. The first-order valence-electron chi connectivity index (χ1n) is 7.48. The molecular weight excluding hydrogens is 392 g/mol. The highest BCUT2D eigenvalue weighted by atomic mass is 79.9. The maximum absolute atomic E-state index is 12.4. The van der Waals surface area contributed by atoms with E-state index in [0.717, 1.165) is 16.6 Å². The minimum atomic E-state index is -0.00779. The van der Waals surface area contributed by atoms with E-state index in [1.165, 1.54) is 0 Å². The van der Waals surface area contributed by atoms with Crippen LogP contribution in [0.2, 0.25) is 0 Å². The number of hydrogen-bond acceptors (Lipinski definition) is 3. The van der Waals surface area contributed by atoms with E-state index in [0.29, 0.717) is 24.5 Å². The standard InChI is InChI=1S/C18H21BrN2O2.ClH/c1-20-10-11-21(2)18(22)14-7-5-8-16(12-14)23-13-15-6-3-4-9-17(15)19;/h3-9,12,20H,10-11,13H2,1-2H3;1H. The molecule has 1 amide bonds. The van der Waals surface area contributed by atoms with Crippen LogP contribution >= 0.6 is 28.3 Å². The Labute approximate surface area is 157 Å². The Morgan fingerprint density at radius 3 is 2.67 bits per heavy atom. The van der Waals surface area contributed by atoms with Crippen molar-refractivity contribution in [2.24, 2.45) is 0 Å². The van der Waals surface area contributed by atoms with E-state index < -0.39 is 0 Å². The van der Waals surface area contributed by atoms with Crippen LogP contribution in [0, 0.1) is 0 Å². The van der Waals surface area contributed by atoms with Gasteiger partial charge in [-0.2, -0.15) is 0 Å². The van der Waals surface area contributed by atoms with Gasteiger partial charge in [-0.05, 0) is 31.3 Å². The molecule has 0 unspecified atom stereocenters. The highest BCUT2D eigenvalue weighted by Gasteiger charge is 2.12. The number of nitrogens with zero attached hydrogens (tertiary/aromatic N) is 1. The van der Waals surface area contributed by atoms with Crippen molar-refractivity contribution in [2.45, 2.75) is 6.61 Å². The van der Waals surface area contributed by atoms with Crippen molar-refractivity contribution in [3.63, 3.8) is 0 Å². The summed E-state index contributed by atoms with van der Waals surface area (Å²) in [6.45, 7) is 1.88. The topological polar surface area (TPSA) is 41.6 Å². The van der Waals surface area contributed by atoms with Crippen LogP contribution in [-0.4, -0.2) is 38.0 Å². The molecule has 6 heteroatoms. The molecule has 24 heavy (non-hydrogen) atoms. The molecule has 0 atom stereocenters. The lowest BCUT2D eigenvalue weighted by atomic mass is 10.2. The Hall–Kier alpha value is -1.56. The molecule has 2 aromatic carbocycles. The monoisotopic (exact) mass is 412 g/mol. The summed E-state index contributed by atoms with van der Waals surface area (Å²) in [6.07, 6.45) is 0. The minimum Gasteiger partial charge on any atom is -0.489 e. The zero-order valence-corrected chi connectivity index (χ0v) is 16.2. The lowest BCUT2D eigenvalue weighted by Gasteiger charge is -2.17. The maximum Gasteiger partial charge on any atom is 0.253 e. The Balaban J connectivity index is 0.00000288. The van der Waals surface area contributed by atoms with Gasteiger partial charge in [0.2, 0.25) is 0 Å². The first-order valence-corrected chi connectivity index (χ1v) is 8.27. The molecule has 2 aromatic rings. The summed E-state index contributed by atoms with van der Waals surface area (Å²) in [5.41, 5.74) is 1.70. The smallest absolute Gasteiger partial charge is 0.253 e. The van der Waals surface area contributed by atoms with Crippen molar-refractivity contribution in [1.29, 1.82) is 0 Å². The largest absolute Gasteiger partial charge is 0.489 e. The molecule has 0 radical (unpaired) electrons. The lowest BCUT2D eigenvalue weighted by molar-refractivity contribution is 0.0796. The zero-order chi connectivity index (χ0) is 16.7. The second-order valence-corrected chi connectivity index (χ2v) is 6.09. The Kier molecular flexibility index (Phi) is 8.82. The first kappa shape index (κ1) is 20.5. The van der Waals surface area contributed by atoms with Crippen LogP contribution in [0.5, 0.6) is 5.75 Å². The van der Waals surface area contributed by atoms with E-state index in [2.05, 4.69) is 21.2 Å². The van der Waals surface area contributed by atoms with Gasteiger partial charge in [0.05, 0.1) is 0 Å². The summed E-state index contributed by atoms with van der Waals surface area (Å²) in [7, 11) is 3.67. The van der Waals surface area contributed by atoms with Gasteiger partial charge >= 0.3 is 0 Å². The molecule has 2 rings (SSSR count). The predicted octanol–water partition coefficient (Wildman–Crippen LogP) is 3.74. The van der Waals surface area contributed by atoms with Crippen molar-refractivity contribution in [1.82, 2.24) is 10.2 Å². The van der Waals surface area contributed by atoms with E-state index in [9.17, 15) is 4.79 Å². The summed E-state index contributed by atoms with van der Waals surface area (Å²) in [5.74, 6) is 0.681. The number of rotatable bonds is 7. The van der Waals surface area contributed by atoms with E-state index in [-0.39, 0.29) is 18.3 Å². The minimum absolute atomic E-state index is 0. The van der Waals surface area contributed by atoms with Gasteiger partial charge in [0, 0.05) is 35.7 Å². The number of nitrogens with one attached hydrogen (secondary N) is 1. The Morgan fingerprint density at radius 2 is 1.96 bits per heavy atom. The second-order valence-electron chi connectivity index (χ2n) is 5.24. The summed E-state index contributed by atoms with van der Waals surface area (Å²) in [6, 6.07) is 15.2. The number of hydrogen-bond donors (Lipinski definition) is 1. The highest BCUT2D eigenvalue weighted by molar-refractivity contribution is 9.10. The van der Waals surface area contributed by atoms with E-state index >= 15 is 0 Å². The number of ether oxygens (including phenoxy) is 1. The average Bonchev–Trinajstić information content (AvgIpc) is 2.58. The van der Waals surface area contributed by atoms with Crippen molar-refractivity contribution < 1.29 is 9.53 Å². The number of benzene rings is 2. The maximum atomic E-state index is 12.4. The molecule has 4 nitrogen and oxygen atoms in total. The van der Waals surface area contributed by atoms with Crippen molar-refractivity contribution in [2.75, 3.05) is 27.2 Å². The van der Waals surface area contributed by atoms with Gasteiger partial charge in [0.25, 0.3) is 5.91 Å². The zero-order valence-electron chi connectivity index (χ0n) is 13.8. The molecule has 1 N–H and O–H groups in total. The summed E-state index contributed by atoms with van der Waals surface area (Å²) < 4.78 is 6.82. The van der Waals surface area contributed by atoms with Crippen LogP contribution < -0.4 is 10.1 Å². The number of likely N-dealkylation sites (N-methyl/N-ethyl adjacent to an activating group) is 2. The Bertz CT molecular complexity index is 667. The lowest BCUT2D eigenvalue weighted by Crippen LogP contribution is -2.32. The van der Waals surface area contributed by atoms with E-state index in [1.54, 1.807) is 18.0 Å². The van der Waals surface area contributed by atoms with Crippen LogP contribution in [0.1, 0.15) is 15.9 Å². The average molecular weight is 414 g/mol. The third-order valence-electron chi connectivity index (χ3n) is 3.48. The SMILES string of the molecule is CNCCN(C)C(=O)c1cccc(OCc2ccccc2Br)c1.Cl. The van der Waals surface area contributed by atoms with Crippen molar-refractivity contribution in [3.8, 4) is 5.75 Å². The molecule has 0 saturated heterocycles. The molecule has 0 aliphatic carbocycles. The van der Waals surface area contributed by atoms with Gasteiger partial charge in [0.1, 0.15) is 12.4 Å². The molecule has 130 valence electrons. The van der Waals surface area contributed by atoms with Gasteiger partial charge in [-0.15, -0.1) is 12.4 Å². The van der Waals surface area contributed by atoms with Crippen molar-refractivity contribution >= 4 is 34.2 Å². The fourth-order valence-electron chi connectivity index (χ4n) is 2.10. The summed E-state index contributed by atoms with van der Waals surface area (Å²) >= 11 is 3.50. The molecule has 0 saturated carbocycles. The highest BCUT2D eigenvalue weighted by Crippen LogP contribution is 2.20. The van der Waals surface area contributed by atoms with Gasteiger partial charge in [-0.3, -0.25) is 4.79 Å². The molecule has 0 aliphatic heterocycles. The van der Waals surface area contributed by atoms with Crippen LogP contribution in [0.3, 0.4) is 0 Å². The molecule has 0 spiro atoms. The summed E-state index contributed by atoms with van der Waals surface area (Å²) in [4.78, 5) is 14.1. The number of carbonyl (C=O) groups excluding carboxylic acids is 1. The number of halogens is 2. The Morgan fingerprint density at radius 1 is 1.21 bits per heavy atom. The second kappa shape index (κ2) is 10.3. The quantitative estimate of drug-likeness (QED) is 0.752. The van der Waals surface area contributed by atoms with E-state index in [4.69, 9.17) is 4.74 Å². The molecular formula is C18H22BrClN2O2. The van der Waals surface area contributed by atoms with E-state index in [1.807, 2.05) is 49.5 Å².